The molecule has 1 aliphatic carbocycles. The van der Waals surface area contributed by atoms with Gasteiger partial charge in [0.25, 0.3) is 0 Å². The second-order valence-corrected chi connectivity index (χ2v) is 5.58. The molecular formula is C12H24N2OS. The number of amides is 1. The van der Waals surface area contributed by atoms with E-state index in [1.807, 2.05) is 11.8 Å². The van der Waals surface area contributed by atoms with E-state index in [1.54, 1.807) is 0 Å². The first-order chi connectivity index (χ1) is 7.74. The van der Waals surface area contributed by atoms with Crippen molar-refractivity contribution in [2.24, 2.45) is 5.73 Å². The molecule has 0 radical (unpaired) electrons. The molecule has 1 amide bonds. The number of rotatable bonds is 7. The molecule has 1 aliphatic rings. The average molecular weight is 244 g/mol. The minimum Gasteiger partial charge on any atom is -0.368 e. The van der Waals surface area contributed by atoms with Gasteiger partial charge < -0.3 is 11.1 Å². The number of hydrogen-bond acceptors (Lipinski definition) is 3. The zero-order valence-corrected chi connectivity index (χ0v) is 11.0. The Hall–Kier alpha value is -0.220. The monoisotopic (exact) mass is 244 g/mol. The Morgan fingerprint density at radius 2 is 2.12 bits per heavy atom. The molecule has 1 unspecified atom stereocenters. The van der Waals surface area contributed by atoms with Crippen LogP contribution in [-0.4, -0.2) is 30.0 Å². The van der Waals surface area contributed by atoms with Crippen molar-refractivity contribution in [1.82, 2.24) is 5.32 Å². The smallest absolute Gasteiger partial charge is 0.234 e. The van der Waals surface area contributed by atoms with Gasteiger partial charge in [-0.2, -0.15) is 11.8 Å². The molecule has 0 spiro atoms. The van der Waals surface area contributed by atoms with Crippen molar-refractivity contribution >= 4 is 17.7 Å². The van der Waals surface area contributed by atoms with Gasteiger partial charge in [0.2, 0.25) is 5.91 Å². The second kappa shape index (κ2) is 7.96. The van der Waals surface area contributed by atoms with Crippen molar-refractivity contribution in [3.8, 4) is 0 Å². The van der Waals surface area contributed by atoms with Crippen LogP contribution in [0.3, 0.4) is 0 Å². The molecule has 0 heterocycles. The van der Waals surface area contributed by atoms with Crippen LogP contribution in [-0.2, 0) is 4.79 Å². The summed E-state index contributed by atoms with van der Waals surface area (Å²) < 4.78 is 0. The molecule has 1 fully saturated rings. The van der Waals surface area contributed by atoms with Crippen molar-refractivity contribution in [1.29, 1.82) is 0 Å². The number of nitrogens with one attached hydrogen (secondary N) is 1. The van der Waals surface area contributed by atoms with Gasteiger partial charge in [0.05, 0.1) is 6.04 Å². The first-order valence-corrected chi connectivity index (χ1v) is 7.67. The number of nitrogens with two attached hydrogens (primary N) is 1. The summed E-state index contributed by atoms with van der Waals surface area (Å²) in [5, 5.41) is 3.43. The van der Waals surface area contributed by atoms with Crippen molar-refractivity contribution in [3.05, 3.63) is 0 Å². The highest BCUT2D eigenvalue weighted by molar-refractivity contribution is 7.98. The molecule has 1 rings (SSSR count). The van der Waals surface area contributed by atoms with Gasteiger partial charge in [-0.1, -0.05) is 19.3 Å². The zero-order chi connectivity index (χ0) is 11.8. The lowest BCUT2D eigenvalue weighted by molar-refractivity contribution is -0.120. The molecular weight excluding hydrogens is 220 g/mol. The van der Waals surface area contributed by atoms with Gasteiger partial charge in [-0.25, -0.2) is 0 Å². The van der Waals surface area contributed by atoms with Crippen molar-refractivity contribution in [3.63, 3.8) is 0 Å². The number of hydrogen-bond donors (Lipinski definition) is 2. The number of carbonyl (C=O) groups excluding carboxylic acids is 1. The summed E-state index contributed by atoms with van der Waals surface area (Å²) in [5.74, 6) is 0.919. The van der Waals surface area contributed by atoms with Gasteiger partial charge in [0.15, 0.2) is 0 Å². The second-order valence-electron chi connectivity index (χ2n) is 4.59. The lowest BCUT2D eigenvalue weighted by atomic mass is 9.94. The number of primary amides is 1. The molecule has 3 N–H and O–H groups in total. The van der Waals surface area contributed by atoms with Crippen LogP contribution in [0.25, 0.3) is 0 Å². The standard InChI is InChI=1S/C12H24N2OS/c1-16-9-5-8-11(12(13)15)14-10-6-3-2-4-7-10/h10-11,14H,2-9H2,1H3,(H2,13,15). The predicted octanol–water partition coefficient (Wildman–Crippen LogP) is 1.91. The van der Waals surface area contributed by atoms with Crippen LogP contribution in [0.4, 0.5) is 0 Å². The van der Waals surface area contributed by atoms with Crippen LogP contribution in [0, 0.1) is 0 Å². The van der Waals surface area contributed by atoms with E-state index in [0.717, 1.165) is 18.6 Å². The van der Waals surface area contributed by atoms with E-state index in [0.29, 0.717) is 6.04 Å². The fourth-order valence-electron chi connectivity index (χ4n) is 2.29. The molecule has 0 saturated heterocycles. The Bertz CT molecular complexity index is 205. The largest absolute Gasteiger partial charge is 0.368 e. The summed E-state index contributed by atoms with van der Waals surface area (Å²) in [6, 6.07) is 0.399. The summed E-state index contributed by atoms with van der Waals surface area (Å²) in [4.78, 5) is 11.3. The molecule has 0 aromatic carbocycles. The van der Waals surface area contributed by atoms with Crippen LogP contribution < -0.4 is 11.1 Å². The molecule has 0 bridgehead atoms. The molecule has 1 atom stereocenters. The Labute approximate surface area is 103 Å². The van der Waals surface area contributed by atoms with Crippen LogP contribution in [0.15, 0.2) is 0 Å². The first-order valence-electron chi connectivity index (χ1n) is 6.28. The molecule has 0 aromatic heterocycles. The molecule has 16 heavy (non-hydrogen) atoms. The third-order valence-electron chi connectivity index (χ3n) is 3.23. The van der Waals surface area contributed by atoms with Gasteiger partial charge in [-0.3, -0.25) is 4.79 Å². The van der Waals surface area contributed by atoms with Crippen LogP contribution >= 0.6 is 11.8 Å². The van der Waals surface area contributed by atoms with E-state index in [9.17, 15) is 4.79 Å². The van der Waals surface area contributed by atoms with E-state index < -0.39 is 0 Å². The fraction of sp³-hybridized carbons (Fsp3) is 0.917. The summed E-state index contributed by atoms with van der Waals surface area (Å²) >= 11 is 1.82. The Morgan fingerprint density at radius 1 is 1.44 bits per heavy atom. The Morgan fingerprint density at radius 3 is 2.69 bits per heavy atom. The molecule has 3 nitrogen and oxygen atoms in total. The van der Waals surface area contributed by atoms with E-state index in [4.69, 9.17) is 5.73 Å². The molecule has 4 heteroatoms. The number of thioether (sulfide) groups is 1. The summed E-state index contributed by atoms with van der Waals surface area (Å²) in [6.45, 7) is 0. The quantitative estimate of drug-likeness (QED) is 0.673. The number of carbonyl (C=O) groups is 1. The van der Waals surface area contributed by atoms with Gasteiger partial charge in [-0.15, -0.1) is 0 Å². The SMILES string of the molecule is CSCCCC(NC1CCCCC1)C(N)=O. The summed E-state index contributed by atoms with van der Waals surface area (Å²) in [5.41, 5.74) is 5.43. The van der Waals surface area contributed by atoms with Gasteiger partial charge in [-0.05, 0) is 37.7 Å². The van der Waals surface area contributed by atoms with Gasteiger partial charge in [0.1, 0.15) is 0 Å². The van der Waals surface area contributed by atoms with E-state index in [-0.39, 0.29) is 11.9 Å². The van der Waals surface area contributed by atoms with Gasteiger partial charge in [0, 0.05) is 6.04 Å². The lowest BCUT2D eigenvalue weighted by Gasteiger charge is -2.27. The molecule has 0 aromatic rings. The topological polar surface area (TPSA) is 55.1 Å². The maximum Gasteiger partial charge on any atom is 0.234 e. The third kappa shape index (κ3) is 5.21. The van der Waals surface area contributed by atoms with Crippen LogP contribution in [0.1, 0.15) is 44.9 Å². The van der Waals surface area contributed by atoms with Crippen LogP contribution in [0.2, 0.25) is 0 Å². The normalized spacial score (nSPS) is 19.6. The van der Waals surface area contributed by atoms with Crippen molar-refractivity contribution in [2.45, 2.75) is 57.0 Å². The maximum absolute atomic E-state index is 11.3. The minimum atomic E-state index is -0.188. The van der Waals surface area contributed by atoms with E-state index >= 15 is 0 Å². The highest BCUT2D eigenvalue weighted by Gasteiger charge is 2.20. The molecule has 94 valence electrons. The van der Waals surface area contributed by atoms with Crippen molar-refractivity contribution < 1.29 is 4.79 Å². The van der Waals surface area contributed by atoms with E-state index in [2.05, 4.69) is 11.6 Å². The third-order valence-corrected chi connectivity index (χ3v) is 3.92. The molecule has 0 aliphatic heterocycles. The highest BCUT2D eigenvalue weighted by atomic mass is 32.2. The first kappa shape index (κ1) is 13.8. The fourth-order valence-corrected chi connectivity index (χ4v) is 2.75. The van der Waals surface area contributed by atoms with Gasteiger partial charge >= 0.3 is 0 Å². The molecule has 1 saturated carbocycles. The summed E-state index contributed by atoms with van der Waals surface area (Å²) in [6.07, 6.45) is 10.3. The Balaban J connectivity index is 2.28. The van der Waals surface area contributed by atoms with Crippen molar-refractivity contribution in [2.75, 3.05) is 12.0 Å². The average Bonchev–Trinajstić information content (AvgIpc) is 2.29. The minimum absolute atomic E-state index is 0.116. The highest BCUT2D eigenvalue weighted by Crippen LogP contribution is 2.18. The maximum atomic E-state index is 11.3. The van der Waals surface area contributed by atoms with E-state index in [1.165, 1.54) is 32.1 Å². The Kier molecular flexibility index (Phi) is 6.88. The van der Waals surface area contributed by atoms with Crippen LogP contribution in [0.5, 0.6) is 0 Å². The summed E-state index contributed by atoms with van der Waals surface area (Å²) in [7, 11) is 0. The zero-order valence-electron chi connectivity index (χ0n) is 10.2. The lowest BCUT2D eigenvalue weighted by Crippen LogP contribution is -2.47. The predicted molar refractivity (Wildman–Crippen MR) is 70.6 cm³/mol.